The minimum absolute atomic E-state index is 0.0177. The molecular weight excluding hydrogens is 552 g/mol. The lowest BCUT2D eigenvalue weighted by Gasteiger charge is -2.38. The molecule has 2 aliphatic rings. The van der Waals surface area contributed by atoms with E-state index < -0.39 is 23.0 Å². The number of anilines is 1. The zero-order chi connectivity index (χ0) is 27.5. The third-order valence-electron chi connectivity index (χ3n) is 7.76. The van der Waals surface area contributed by atoms with Crippen molar-refractivity contribution in [1.29, 1.82) is 0 Å². The molecule has 6 rings (SSSR count). The van der Waals surface area contributed by atoms with E-state index in [1.807, 2.05) is 48.5 Å². The Hall–Kier alpha value is -2.79. The van der Waals surface area contributed by atoms with E-state index in [0.717, 1.165) is 29.6 Å². The highest BCUT2D eigenvalue weighted by Crippen LogP contribution is 2.39. The van der Waals surface area contributed by atoms with Crippen molar-refractivity contribution in [2.75, 3.05) is 24.5 Å². The molecule has 1 aromatic carbocycles. The maximum atomic E-state index is 13.5. The van der Waals surface area contributed by atoms with Gasteiger partial charge in [0, 0.05) is 47.3 Å². The monoisotopic (exact) mass is 579 g/mol. The number of imidazole rings is 1. The van der Waals surface area contributed by atoms with Crippen molar-refractivity contribution < 1.29 is 22.8 Å². The summed E-state index contributed by atoms with van der Waals surface area (Å²) in [4.78, 5) is 11.6. The number of aliphatic hydroxyl groups excluding tert-OH is 1. The van der Waals surface area contributed by atoms with E-state index in [0.29, 0.717) is 24.5 Å². The standard InChI is InChI=1S/C27H28Cl2F3N6O/c1-35-8-9-36(15-35)14-23-25-19(20-10-16(28)2-4-22(20)33-25)6-7-37(23)12-17-11-18(39)13-38(17)24-5-3-21(29)26(34-24)27(30,31)32/h2-5,8-10,15,17-18,23,33,39H,6-7,11-14H2,1H3/q+1/t17-,18+,23?/m0/s1. The van der Waals surface area contributed by atoms with Gasteiger partial charge in [-0.3, -0.25) is 4.90 Å². The Balaban J connectivity index is 1.34. The lowest BCUT2D eigenvalue weighted by Crippen LogP contribution is -2.46. The van der Waals surface area contributed by atoms with Gasteiger partial charge < -0.3 is 15.0 Å². The quantitative estimate of drug-likeness (QED) is 0.335. The van der Waals surface area contributed by atoms with Gasteiger partial charge in [0.2, 0.25) is 6.33 Å². The van der Waals surface area contributed by atoms with Gasteiger partial charge in [-0.2, -0.15) is 13.2 Å². The minimum Gasteiger partial charge on any atom is -0.391 e. The largest absolute Gasteiger partial charge is 0.434 e. The number of benzene rings is 1. The molecule has 12 heteroatoms. The second kappa shape index (κ2) is 9.99. The van der Waals surface area contributed by atoms with E-state index in [1.54, 1.807) is 4.90 Å². The first-order valence-electron chi connectivity index (χ1n) is 12.8. The van der Waals surface area contributed by atoms with Gasteiger partial charge in [-0.15, -0.1) is 0 Å². The van der Waals surface area contributed by atoms with E-state index in [4.69, 9.17) is 23.2 Å². The van der Waals surface area contributed by atoms with Gasteiger partial charge in [0.05, 0.1) is 24.2 Å². The van der Waals surface area contributed by atoms with E-state index in [9.17, 15) is 18.3 Å². The summed E-state index contributed by atoms with van der Waals surface area (Å²) in [7, 11) is 1.97. The molecule has 1 fully saturated rings. The number of aromatic amines is 1. The summed E-state index contributed by atoms with van der Waals surface area (Å²) in [5, 5.41) is 11.9. The van der Waals surface area contributed by atoms with Gasteiger partial charge in [0.25, 0.3) is 0 Å². The molecule has 4 aromatic rings. The summed E-state index contributed by atoms with van der Waals surface area (Å²) in [5.41, 5.74) is 2.27. The van der Waals surface area contributed by atoms with Crippen LogP contribution in [0.3, 0.4) is 0 Å². The van der Waals surface area contributed by atoms with Crippen molar-refractivity contribution in [1.82, 2.24) is 19.4 Å². The molecule has 39 heavy (non-hydrogen) atoms. The Morgan fingerprint density at radius 2 is 2.00 bits per heavy atom. The summed E-state index contributed by atoms with van der Waals surface area (Å²) in [5.74, 6) is 0.167. The fraction of sp³-hybridized carbons (Fsp3) is 0.407. The third kappa shape index (κ3) is 5.11. The van der Waals surface area contributed by atoms with Gasteiger partial charge in [-0.1, -0.05) is 23.2 Å². The third-order valence-corrected chi connectivity index (χ3v) is 8.30. The molecule has 1 unspecified atom stereocenters. The summed E-state index contributed by atoms with van der Waals surface area (Å²) in [6.07, 6.45) is 1.93. The maximum absolute atomic E-state index is 13.5. The van der Waals surface area contributed by atoms with Gasteiger partial charge in [0.15, 0.2) is 5.69 Å². The Morgan fingerprint density at radius 1 is 1.18 bits per heavy atom. The molecule has 0 aliphatic carbocycles. The van der Waals surface area contributed by atoms with Crippen molar-refractivity contribution in [3.05, 3.63) is 76.0 Å². The zero-order valence-corrected chi connectivity index (χ0v) is 22.7. The number of H-pyrrole nitrogens is 1. The summed E-state index contributed by atoms with van der Waals surface area (Å²) in [6, 6.07) is 8.34. The number of nitrogens with one attached hydrogen (secondary N) is 1. The Labute approximate surface area is 233 Å². The Kier molecular flexibility index (Phi) is 6.77. The summed E-state index contributed by atoms with van der Waals surface area (Å²) >= 11 is 12.1. The van der Waals surface area contributed by atoms with E-state index in [2.05, 4.69) is 19.4 Å². The van der Waals surface area contributed by atoms with Crippen LogP contribution in [0.2, 0.25) is 10.0 Å². The lowest BCUT2D eigenvalue weighted by atomic mass is 9.96. The van der Waals surface area contributed by atoms with Crippen molar-refractivity contribution >= 4 is 39.9 Å². The molecular formula is C27H28Cl2F3N6O+. The average molecular weight is 580 g/mol. The number of aryl methyl sites for hydroxylation is 1. The normalized spacial score (nSPS) is 22.1. The van der Waals surface area contributed by atoms with E-state index >= 15 is 0 Å². The van der Waals surface area contributed by atoms with Gasteiger partial charge >= 0.3 is 6.18 Å². The molecule has 0 amide bonds. The Bertz CT molecular complexity index is 1520. The highest BCUT2D eigenvalue weighted by atomic mass is 35.5. The number of β-amino-alcohol motifs (C(OH)–C–C–N with tert-alkyl or cyclic N) is 1. The van der Waals surface area contributed by atoms with Crippen molar-refractivity contribution in [2.45, 2.75) is 43.8 Å². The van der Waals surface area contributed by atoms with Gasteiger partial charge in [0.1, 0.15) is 24.8 Å². The first-order chi connectivity index (χ1) is 18.6. The fourth-order valence-corrected chi connectivity index (χ4v) is 6.41. The number of aliphatic hydroxyl groups is 1. The molecule has 0 saturated carbocycles. The van der Waals surface area contributed by atoms with Crippen LogP contribution in [-0.2, 0) is 26.2 Å². The molecule has 1 saturated heterocycles. The fourth-order valence-electron chi connectivity index (χ4n) is 6.03. The molecule has 0 radical (unpaired) electrons. The van der Waals surface area contributed by atoms with Crippen LogP contribution in [-0.4, -0.2) is 56.3 Å². The minimum atomic E-state index is -4.67. The second-order valence-corrected chi connectivity index (χ2v) is 11.3. The number of pyridine rings is 1. The van der Waals surface area contributed by atoms with Crippen LogP contribution in [0.25, 0.3) is 10.9 Å². The van der Waals surface area contributed by atoms with Crippen LogP contribution in [0.4, 0.5) is 19.0 Å². The van der Waals surface area contributed by atoms with Gasteiger partial charge in [-0.05, 0) is 48.7 Å². The molecule has 206 valence electrons. The molecule has 2 aliphatic heterocycles. The van der Waals surface area contributed by atoms with Crippen LogP contribution in [0.5, 0.6) is 0 Å². The topological polar surface area (TPSA) is 64.2 Å². The molecule has 0 spiro atoms. The first kappa shape index (κ1) is 26.4. The van der Waals surface area contributed by atoms with Crippen molar-refractivity contribution in [3.63, 3.8) is 0 Å². The number of fused-ring (bicyclic) bond motifs is 3. The number of aromatic nitrogens is 4. The lowest BCUT2D eigenvalue weighted by molar-refractivity contribution is -0.671. The Morgan fingerprint density at radius 3 is 2.74 bits per heavy atom. The first-order valence-corrected chi connectivity index (χ1v) is 13.6. The SMILES string of the molecule is C[n+]1ccn(CC2c3[nH]c4ccc(Cl)cc4c3CCN2C[C@@H]2C[C@@H](O)CN2c2ccc(Cl)c(C(F)(F)F)n2)c1. The smallest absolute Gasteiger partial charge is 0.391 e. The molecule has 0 bridgehead atoms. The maximum Gasteiger partial charge on any atom is 0.434 e. The summed E-state index contributed by atoms with van der Waals surface area (Å²) < 4.78 is 44.7. The van der Waals surface area contributed by atoms with Crippen molar-refractivity contribution in [3.8, 4) is 0 Å². The number of alkyl halides is 3. The van der Waals surface area contributed by atoms with Gasteiger partial charge in [-0.25, -0.2) is 14.1 Å². The van der Waals surface area contributed by atoms with Crippen molar-refractivity contribution in [2.24, 2.45) is 7.05 Å². The number of nitrogens with zero attached hydrogens (tertiary/aromatic N) is 5. The van der Waals surface area contributed by atoms with Crippen LogP contribution in [0, 0.1) is 0 Å². The van der Waals surface area contributed by atoms with Crippen LogP contribution < -0.4 is 9.47 Å². The predicted molar refractivity (Wildman–Crippen MR) is 143 cm³/mol. The van der Waals surface area contributed by atoms with E-state index in [1.165, 1.54) is 17.7 Å². The molecule has 5 heterocycles. The number of rotatable bonds is 5. The molecule has 3 atom stereocenters. The number of halogens is 5. The molecule has 3 aromatic heterocycles. The molecule has 2 N–H and O–H groups in total. The average Bonchev–Trinajstić information content (AvgIpc) is 3.56. The molecule has 7 nitrogen and oxygen atoms in total. The van der Waals surface area contributed by atoms with E-state index in [-0.39, 0.29) is 24.4 Å². The number of hydrogen-bond donors (Lipinski definition) is 2. The van der Waals surface area contributed by atoms with Crippen LogP contribution >= 0.6 is 23.2 Å². The zero-order valence-electron chi connectivity index (χ0n) is 21.2. The van der Waals surface area contributed by atoms with Crippen LogP contribution in [0.15, 0.2) is 49.1 Å². The second-order valence-electron chi connectivity index (χ2n) is 10.4. The predicted octanol–water partition coefficient (Wildman–Crippen LogP) is 4.75. The highest BCUT2D eigenvalue weighted by molar-refractivity contribution is 6.31. The summed E-state index contributed by atoms with van der Waals surface area (Å²) in [6.45, 7) is 2.20. The number of hydrogen-bond acceptors (Lipinski definition) is 4. The highest BCUT2D eigenvalue weighted by Gasteiger charge is 2.40. The van der Waals surface area contributed by atoms with Crippen LogP contribution in [0.1, 0.15) is 29.4 Å².